The smallest absolute Gasteiger partial charge is 0.407 e. The van der Waals surface area contributed by atoms with Crippen LogP contribution in [0.15, 0.2) is 47.6 Å². The normalized spacial score (nSPS) is 11.5. The van der Waals surface area contributed by atoms with Crippen molar-refractivity contribution in [3.63, 3.8) is 0 Å². The molecule has 0 saturated carbocycles. The highest BCUT2D eigenvalue weighted by atomic mass is 127. The Morgan fingerprint density at radius 1 is 1.12 bits per heavy atom. The fourth-order valence-corrected chi connectivity index (χ4v) is 3.65. The maximum Gasteiger partial charge on any atom is 0.407 e. The first-order valence-electron chi connectivity index (χ1n) is 10.5. The summed E-state index contributed by atoms with van der Waals surface area (Å²) in [6.07, 6.45) is 0.808. The molecule has 2 aromatic carbocycles. The average molecular weight is 582 g/mol. The average Bonchev–Trinajstić information content (AvgIpc) is 2.79. The lowest BCUT2D eigenvalue weighted by Crippen LogP contribution is -2.33. The number of hydrogen-bond donors (Lipinski definition) is 3. The van der Waals surface area contributed by atoms with E-state index in [0.29, 0.717) is 27.2 Å². The molecule has 3 amide bonds. The summed E-state index contributed by atoms with van der Waals surface area (Å²) < 4.78 is 16.7. The molecule has 1 atom stereocenters. The third kappa shape index (κ3) is 8.89. The summed E-state index contributed by atoms with van der Waals surface area (Å²) in [5.74, 6) is -0.176. The third-order valence-corrected chi connectivity index (χ3v) is 5.05. The number of nitrogens with one attached hydrogen (secondary N) is 2. The number of nitrogens with zero attached hydrogens (tertiary/aromatic N) is 1. The van der Waals surface area contributed by atoms with Gasteiger partial charge in [0.2, 0.25) is 5.91 Å². The zero-order valence-corrected chi connectivity index (χ0v) is 21.0. The molecule has 2 aromatic rings. The monoisotopic (exact) mass is 582 g/mol. The lowest BCUT2D eigenvalue weighted by atomic mass is 10.0. The van der Waals surface area contributed by atoms with Crippen molar-refractivity contribution >= 4 is 46.7 Å². The molecule has 0 aliphatic carbocycles. The van der Waals surface area contributed by atoms with E-state index in [-0.39, 0.29) is 19.6 Å². The summed E-state index contributed by atoms with van der Waals surface area (Å²) in [6.45, 7) is 3.85. The Morgan fingerprint density at radius 2 is 1.85 bits per heavy atom. The summed E-state index contributed by atoms with van der Waals surface area (Å²) in [5.41, 5.74) is 9.02. The Hall–Kier alpha value is -3.35. The van der Waals surface area contributed by atoms with Gasteiger partial charge in [-0.15, -0.1) is 0 Å². The van der Waals surface area contributed by atoms with E-state index in [0.717, 1.165) is 5.56 Å². The predicted octanol–water partition coefficient (Wildman–Crippen LogP) is 2.88. The number of alkyl carbamates (subject to hydrolysis) is 1. The number of carbonyl (C=O) groups is 3. The van der Waals surface area contributed by atoms with E-state index in [9.17, 15) is 14.4 Å². The number of nitrogens with two attached hydrogens (primary N) is 1. The van der Waals surface area contributed by atoms with E-state index >= 15 is 0 Å². The molecule has 0 radical (unpaired) electrons. The molecule has 0 aromatic heterocycles. The Labute approximate surface area is 211 Å². The standard InChI is InChI=1S/C23H27IN4O6/c1-3-32-19-11-15(10-17(24)22(19)34-14-20(25)29)13-26-28-21(30)12-18(27-23(31)33-4-2)16-8-6-5-7-9-16/h5-11,13,18H,3-4,12,14H2,1-2H3,(H2,25,29)(H,27,31)(H,28,30)/b26-13-/t18-/m0/s1. The highest BCUT2D eigenvalue weighted by Gasteiger charge is 2.19. The zero-order valence-electron chi connectivity index (χ0n) is 18.9. The number of amides is 3. The summed E-state index contributed by atoms with van der Waals surface area (Å²) in [5, 5.41) is 6.70. The van der Waals surface area contributed by atoms with Gasteiger partial charge in [-0.05, 0) is 59.7 Å². The SMILES string of the molecule is CCOC(=O)N[C@@H](CC(=O)N/N=C\c1cc(I)c(OCC(N)=O)c(OCC)c1)c1ccccc1. The molecule has 4 N–H and O–H groups in total. The van der Waals surface area contributed by atoms with Gasteiger partial charge in [0.1, 0.15) is 0 Å². The molecule has 11 heteroatoms. The van der Waals surface area contributed by atoms with Crippen LogP contribution in [0.1, 0.15) is 37.4 Å². The van der Waals surface area contributed by atoms with E-state index in [4.69, 9.17) is 19.9 Å². The van der Waals surface area contributed by atoms with Crippen LogP contribution in [-0.2, 0) is 14.3 Å². The Morgan fingerprint density at radius 3 is 2.50 bits per heavy atom. The largest absolute Gasteiger partial charge is 0.490 e. The van der Waals surface area contributed by atoms with Gasteiger partial charge in [-0.3, -0.25) is 9.59 Å². The highest BCUT2D eigenvalue weighted by Crippen LogP contribution is 2.33. The van der Waals surface area contributed by atoms with E-state index in [2.05, 4.69) is 15.8 Å². The van der Waals surface area contributed by atoms with Crippen LogP contribution < -0.4 is 25.9 Å². The van der Waals surface area contributed by atoms with Crippen molar-refractivity contribution in [1.29, 1.82) is 0 Å². The lowest BCUT2D eigenvalue weighted by molar-refractivity contribution is -0.121. The van der Waals surface area contributed by atoms with Crippen LogP contribution in [0.4, 0.5) is 4.79 Å². The van der Waals surface area contributed by atoms with Gasteiger partial charge >= 0.3 is 6.09 Å². The second-order valence-electron chi connectivity index (χ2n) is 6.84. The number of halogens is 1. The van der Waals surface area contributed by atoms with E-state index in [1.54, 1.807) is 19.1 Å². The predicted molar refractivity (Wildman–Crippen MR) is 135 cm³/mol. The van der Waals surface area contributed by atoms with E-state index in [1.807, 2.05) is 59.8 Å². The zero-order chi connectivity index (χ0) is 24.9. The summed E-state index contributed by atoms with van der Waals surface area (Å²) in [4.78, 5) is 35.4. The van der Waals surface area contributed by atoms with E-state index < -0.39 is 23.9 Å². The van der Waals surface area contributed by atoms with Crippen LogP contribution in [0.3, 0.4) is 0 Å². The number of hydrazone groups is 1. The van der Waals surface area contributed by atoms with Crippen LogP contribution in [-0.4, -0.2) is 43.9 Å². The van der Waals surface area contributed by atoms with Gasteiger partial charge in [-0.25, -0.2) is 10.2 Å². The van der Waals surface area contributed by atoms with Crippen molar-refractivity contribution < 1.29 is 28.6 Å². The van der Waals surface area contributed by atoms with Gasteiger partial charge in [-0.2, -0.15) is 5.10 Å². The molecule has 0 saturated heterocycles. The Bertz CT molecular complexity index is 1020. The molecule has 0 spiro atoms. The molecule has 10 nitrogen and oxygen atoms in total. The van der Waals surface area contributed by atoms with Crippen molar-refractivity contribution in [2.75, 3.05) is 19.8 Å². The molecule has 0 aliphatic rings. The summed E-state index contributed by atoms with van der Waals surface area (Å²) in [6, 6.07) is 12.0. The van der Waals surface area contributed by atoms with Crippen LogP contribution in [0.25, 0.3) is 0 Å². The minimum Gasteiger partial charge on any atom is -0.490 e. The first kappa shape index (κ1) is 26.9. The molecule has 0 aliphatic heterocycles. The third-order valence-electron chi connectivity index (χ3n) is 4.25. The van der Waals surface area contributed by atoms with Gasteiger partial charge in [-0.1, -0.05) is 30.3 Å². The van der Waals surface area contributed by atoms with Gasteiger partial charge in [0.15, 0.2) is 18.1 Å². The molecule has 0 bridgehead atoms. The van der Waals surface area contributed by atoms with Crippen molar-refractivity contribution in [3.8, 4) is 11.5 Å². The first-order chi connectivity index (χ1) is 16.3. The molecule has 2 rings (SSSR count). The summed E-state index contributed by atoms with van der Waals surface area (Å²) in [7, 11) is 0. The van der Waals surface area contributed by atoms with Crippen molar-refractivity contribution in [1.82, 2.24) is 10.7 Å². The van der Waals surface area contributed by atoms with Crippen molar-refractivity contribution in [2.45, 2.75) is 26.3 Å². The van der Waals surface area contributed by atoms with Crippen molar-refractivity contribution in [2.24, 2.45) is 10.8 Å². The van der Waals surface area contributed by atoms with Crippen LogP contribution in [0, 0.1) is 3.57 Å². The molecule has 0 unspecified atom stereocenters. The highest BCUT2D eigenvalue weighted by molar-refractivity contribution is 14.1. The number of carbonyl (C=O) groups excluding carboxylic acids is 3. The van der Waals surface area contributed by atoms with Gasteiger partial charge in [0.05, 0.1) is 35.5 Å². The fraction of sp³-hybridized carbons (Fsp3) is 0.304. The van der Waals surface area contributed by atoms with Crippen molar-refractivity contribution in [3.05, 3.63) is 57.2 Å². The molecule has 182 valence electrons. The van der Waals surface area contributed by atoms with Crippen LogP contribution in [0.2, 0.25) is 0 Å². The van der Waals surface area contributed by atoms with Crippen LogP contribution in [0.5, 0.6) is 11.5 Å². The first-order valence-corrected chi connectivity index (χ1v) is 11.6. The molecule has 34 heavy (non-hydrogen) atoms. The maximum atomic E-state index is 12.5. The Kier molecular flexibility index (Phi) is 11.1. The fourth-order valence-electron chi connectivity index (χ4n) is 2.87. The summed E-state index contributed by atoms with van der Waals surface area (Å²) >= 11 is 2.05. The number of rotatable bonds is 12. The molecule has 0 heterocycles. The topological polar surface area (TPSA) is 141 Å². The number of benzene rings is 2. The number of primary amides is 1. The van der Waals surface area contributed by atoms with E-state index in [1.165, 1.54) is 6.21 Å². The van der Waals surface area contributed by atoms with Crippen LogP contribution >= 0.6 is 22.6 Å². The van der Waals surface area contributed by atoms with Gasteiger partial charge in [0, 0.05) is 0 Å². The minimum atomic E-state index is -0.607. The second-order valence-corrected chi connectivity index (χ2v) is 8.01. The second kappa shape index (κ2) is 14.0. The number of hydrogen-bond acceptors (Lipinski definition) is 7. The van der Waals surface area contributed by atoms with Gasteiger partial charge < -0.3 is 25.3 Å². The Balaban J connectivity index is 2.08. The quantitative estimate of drug-likeness (QED) is 0.200. The lowest BCUT2D eigenvalue weighted by Gasteiger charge is -2.18. The molecular weight excluding hydrogens is 555 g/mol. The number of ether oxygens (including phenoxy) is 3. The molecular formula is C23H27IN4O6. The minimum absolute atomic E-state index is 0.0399. The molecule has 0 fully saturated rings. The van der Waals surface area contributed by atoms with Gasteiger partial charge in [0.25, 0.3) is 5.91 Å². The maximum absolute atomic E-state index is 12.5.